The molecule has 60 valence electrons. The fraction of sp³-hybridized carbons (Fsp3) is 0.125. The fourth-order valence-electron chi connectivity index (χ4n) is 0.498. The van der Waals surface area contributed by atoms with Crippen molar-refractivity contribution in [1.82, 2.24) is 0 Å². The van der Waals surface area contributed by atoms with Crippen molar-refractivity contribution in [2.45, 2.75) is 0 Å². The first-order valence-electron chi connectivity index (χ1n) is 2.90. The number of hydrogen-bond donors (Lipinski definition) is 0. The Balaban J connectivity index is 4.78. The van der Waals surface area contributed by atoms with Gasteiger partial charge in [-0.15, -0.1) is 0 Å². The van der Waals surface area contributed by atoms with Crippen LogP contribution < -0.4 is 0 Å². The summed E-state index contributed by atoms with van der Waals surface area (Å²) in [6.07, 6.45) is 3.03. The van der Waals surface area contributed by atoms with Gasteiger partial charge in [-0.05, 0) is 22.6 Å². The van der Waals surface area contributed by atoms with E-state index in [9.17, 15) is 4.79 Å². The summed E-state index contributed by atoms with van der Waals surface area (Å²) >= 11 is 2.00. The number of halogens is 1. The number of hydrogen-bond acceptors (Lipinski definition) is 2. The van der Waals surface area contributed by atoms with Crippen LogP contribution in [0.1, 0.15) is 0 Å². The van der Waals surface area contributed by atoms with Gasteiger partial charge in [0.15, 0.2) is 0 Å². The van der Waals surface area contributed by atoms with E-state index in [1.54, 1.807) is 6.08 Å². The molecule has 0 saturated carbocycles. The molecule has 0 unspecified atom stereocenters. The molecule has 0 bridgehead atoms. The summed E-state index contributed by atoms with van der Waals surface area (Å²) in [4.78, 5) is 10.9. The Morgan fingerprint density at radius 2 is 2.00 bits per heavy atom. The highest BCUT2D eigenvalue weighted by molar-refractivity contribution is 14.1. The minimum absolute atomic E-state index is 0.385. The number of allylic oxidation sites excluding steroid dienone is 2. The first-order valence-corrected chi connectivity index (χ1v) is 3.98. The van der Waals surface area contributed by atoms with Gasteiger partial charge in [0, 0.05) is 3.58 Å². The van der Waals surface area contributed by atoms with Crippen molar-refractivity contribution in [1.29, 1.82) is 0 Å². The van der Waals surface area contributed by atoms with Crippen LogP contribution in [0.3, 0.4) is 0 Å². The third-order valence-electron chi connectivity index (χ3n) is 1.05. The van der Waals surface area contributed by atoms with Crippen LogP contribution in [-0.2, 0) is 9.53 Å². The molecule has 0 aromatic heterocycles. The number of methoxy groups -OCH3 is 1. The summed E-state index contributed by atoms with van der Waals surface area (Å²) in [5.74, 6) is -0.385. The molecular formula is C8H9IO2. The second-order valence-electron chi connectivity index (χ2n) is 1.66. The summed E-state index contributed by atoms with van der Waals surface area (Å²) in [5.41, 5.74) is 0.447. The summed E-state index contributed by atoms with van der Waals surface area (Å²) in [5, 5.41) is 0. The highest BCUT2D eigenvalue weighted by atomic mass is 127. The van der Waals surface area contributed by atoms with E-state index >= 15 is 0 Å². The first-order chi connectivity index (χ1) is 5.17. The van der Waals surface area contributed by atoms with Crippen molar-refractivity contribution in [3.8, 4) is 0 Å². The smallest absolute Gasteiger partial charge is 0.338 e. The van der Waals surface area contributed by atoms with E-state index in [0.717, 1.165) is 3.58 Å². The molecule has 0 rings (SSSR count). The lowest BCUT2D eigenvalue weighted by Gasteiger charge is -1.99. The third-order valence-corrected chi connectivity index (χ3v) is 2.07. The monoisotopic (exact) mass is 264 g/mol. The third kappa shape index (κ3) is 2.88. The van der Waals surface area contributed by atoms with Crippen molar-refractivity contribution >= 4 is 28.6 Å². The molecule has 0 atom stereocenters. The van der Waals surface area contributed by atoms with Crippen LogP contribution in [0.15, 0.2) is 34.5 Å². The van der Waals surface area contributed by atoms with Crippen LogP contribution in [0, 0.1) is 0 Å². The van der Waals surface area contributed by atoms with Crippen molar-refractivity contribution < 1.29 is 9.53 Å². The molecule has 0 aromatic rings. The molecule has 3 heteroatoms. The van der Waals surface area contributed by atoms with Crippen molar-refractivity contribution in [2.24, 2.45) is 0 Å². The molecule has 0 heterocycles. The molecule has 2 nitrogen and oxygen atoms in total. The van der Waals surface area contributed by atoms with Crippen molar-refractivity contribution in [2.75, 3.05) is 7.11 Å². The van der Waals surface area contributed by atoms with Gasteiger partial charge in [0.1, 0.15) is 0 Å². The quantitative estimate of drug-likeness (QED) is 0.338. The van der Waals surface area contributed by atoms with E-state index in [1.807, 2.05) is 22.6 Å². The lowest BCUT2D eigenvalue weighted by Crippen LogP contribution is -2.03. The minimum atomic E-state index is -0.385. The van der Waals surface area contributed by atoms with E-state index in [0.29, 0.717) is 5.57 Å². The zero-order valence-electron chi connectivity index (χ0n) is 6.26. The van der Waals surface area contributed by atoms with E-state index < -0.39 is 0 Å². The van der Waals surface area contributed by atoms with Gasteiger partial charge in [-0.2, -0.15) is 0 Å². The van der Waals surface area contributed by atoms with Gasteiger partial charge < -0.3 is 4.74 Å². The van der Waals surface area contributed by atoms with Gasteiger partial charge in [0.05, 0.1) is 12.7 Å². The highest BCUT2D eigenvalue weighted by Gasteiger charge is 2.07. The number of esters is 1. The fourth-order valence-corrected chi connectivity index (χ4v) is 0.939. The summed E-state index contributed by atoms with van der Waals surface area (Å²) < 4.78 is 5.25. The molecule has 0 aliphatic rings. The normalized spacial score (nSPS) is 11.5. The number of rotatable bonds is 3. The molecule has 0 amide bonds. The Labute approximate surface area is 79.8 Å². The van der Waals surface area contributed by atoms with Crippen LogP contribution >= 0.6 is 22.6 Å². The molecule has 0 aliphatic heterocycles. The van der Waals surface area contributed by atoms with Crippen molar-refractivity contribution in [3.63, 3.8) is 0 Å². The Kier molecular flexibility index (Phi) is 4.85. The number of carbonyl (C=O) groups is 1. The topological polar surface area (TPSA) is 26.3 Å². The van der Waals surface area contributed by atoms with E-state index in [2.05, 4.69) is 17.9 Å². The molecular weight excluding hydrogens is 255 g/mol. The van der Waals surface area contributed by atoms with Gasteiger partial charge >= 0.3 is 5.97 Å². The Bertz CT molecular complexity index is 216. The molecule has 0 aromatic carbocycles. The van der Waals surface area contributed by atoms with Gasteiger partial charge in [-0.25, -0.2) is 4.79 Å². The summed E-state index contributed by atoms with van der Waals surface area (Å²) in [6, 6.07) is 0. The molecule has 11 heavy (non-hydrogen) atoms. The van der Waals surface area contributed by atoms with Gasteiger partial charge in [-0.1, -0.05) is 25.3 Å². The Morgan fingerprint density at radius 1 is 1.45 bits per heavy atom. The van der Waals surface area contributed by atoms with E-state index in [-0.39, 0.29) is 5.97 Å². The minimum Gasteiger partial charge on any atom is -0.465 e. The summed E-state index contributed by atoms with van der Waals surface area (Å²) in [6.45, 7) is 7.01. The molecule has 0 N–H and O–H groups in total. The zero-order valence-corrected chi connectivity index (χ0v) is 8.42. The Hall–Kier alpha value is -0.580. The number of ether oxygens (including phenoxy) is 1. The second-order valence-corrected chi connectivity index (χ2v) is 2.82. The predicted octanol–water partition coefficient (Wildman–Crippen LogP) is 2.22. The first kappa shape index (κ1) is 10.4. The lowest BCUT2D eigenvalue weighted by atomic mass is 10.2. The van der Waals surface area contributed by atoms with Gasteiger partial charge in [0.25, 0.3) is 0 Å². The summed E-state index contributed by atoms with van der Waals surface area (Å²) in [7, 11) is 1.33. The number of carbonyl (C=O) groups excluding carboxylic acids is 1. The maximum Gasteiger partial charge on any atom is 0.338 e. The predicted molar refractivity (Wildman–Crippen MR) is 53.5 cm³/mol. The zero-order chi connectivity index (χ0) is 8.85. The SMILES string of the molecule is C=C/C(I)=C(\C=C)C(=O)OC. The second kappa shape index (κ2) is 5.12. The van der Waals surface area contributed by atoms with E-state index in [1.165, 1.54) is 13.2 Å². The average Bonchev–Trinajstić information content (AvgIpc) is 2.05. The maximum absolute atomic E-state index is 10.9. The molecule has 0 spiro atoms. The van der Waals surface area contributed by atoms with Crippen LogP contribution in [0.5, 0.6) is 0 Å². The van der Waals surface area contributed by atoms with Gasteiger partial charge in [-0.3, -0.25) is 0 Å². The lowest BCUT2D eigenvalue weighted by molar-refractivity contribution is -0.135. The van der Waals surface area contributed by atoms with Gasteiger partial charge in [0.2, 0.25) is 0 Å². The standard InChI is InChI=1S/C8H9IO2/c1-4-6(7(9)5-2)8(10)11-3/h4-5H,1-2H2,3H3/b7-6-. The van der Waals surface area contributed by atoms with E-state index in [4.69, 9.17) is 0 Å². The van der Waals surface area contributed by atoms with Crippen molar-refractivity contribution in [3.05, 3.63) is 34.5 Å². The van der Waals surface area contributed by atoms with Crippen LogP contribution in [-0.4, -0.2) is 13.1 Å². The molecule has 0 fully saturated rings. The molecule has 0 saturated heterocycles. The molecule has 0 aliphatic carbocycles. The van der Waals surface area contributed by atoms with Crippen LogP contribution in [0.4, 0.5) is 0 Å². The average molecular weight is 264 g/mol. The van der Waals surface area contributed by atoms with Crippen LogP contribution in [0.25, 0.3) is 0 Å². The largest absolute Gasteiger partial charge is 0.465 e. The van der Waals surface area contributed by atoms with Crippen LogP contribution in [0.2, 0.25) is 0 Å². The molecule has 0 radical (unpaired) electrons. The highest BCUT2D eigenvalue weighted by Crippen LogP contribution is 2.15. The maximum atomic E-state index is 10.9. The Morgan fingerprint density at radius 3 is 2.27 bits per heavy atom.